The first-order valence-electron chi connectivity index (χ1n) is 21.5. The monoisotopic (exact) mass is 1070 g/mol. The molecule has 4 aromatic carbocycles. The quantitative estimate of drug-likeness (QED) is 0.0379. The van der Waals surface area contributed by atoms with E-state index in [1.54, 1.807) is 0 Å². The van der Waals surface area contributed by atoms with Crippen LogP contribution < -0.4 is 52.2 Å². The molecule has 6 aromatic rings. The highest BCUT2D eigenvalue weighted by atomic mass is 16.8. The first-order valence-corrected chi connectivity index (χ1v) is 21.5. The summed E-state index contributed by atoms with van der Waals surface area (Å²) in [6.07, 6.45) is -8.60. The van der Waals surface area contributed by atoms with Gasteiger partial charge < -0.3 is 72.7 Å². The van der Waals surface area contributed by atoms with Gasteiger partial charge in [0.15, 0.2) is 40.4 Å². The molecule has 1 aliphatic rings. The van der Waals surface area contributed by atoms with Crippen LogP contribution in [0, 0.1) is 0 Å². The zero-order chi connectivity index (χ0) is 55.8. The molecule has 31 nitrogen and oxygen atoms in total. The van der Waals surface area contributed by atoms with E-state index in [1.807, 2.05) is 0 Å². The van der Waals surface area contributed by atoms with Crippen molar-refractivity contribution in [2.75, 3.05) is 38.2 Å². The van der Waals surface area contributed by atoms with Crippen LogP contribution in [0.2, 0.25) is 0 Å². The normalized spacial score (nSPS) is 13.0. The van der Waals surface area contributed by atoms with Gasteiger partial charge in [-0.1, -0.05) is 24.3 Å². The largest absolute Gasteiger partial charge is 0.516 e. The fourth-order valence-electron chi connectivity index (χ4n) is 7.16. The van der Waals surface area contributed by atoms with Gasteiger partial charge in [0.1, 0.15) is 19.1 Å². The maximum Gasteiger partial charge on any atom is 0.516 e. The molecule has 3 heterocycles. The van der Waals surface area contributed by atoms with Crippen molar-refractivity contribution in [1.82, 2.24) is 14.0 Å². The first kappa shape index (κ1) is 53.9. The molecular weight excluding hydrogens is 1040 g/mol. The Labute approximate surface area is 424 Å². The molecule has 2 atom stereocenters. The van der Waals surface area contributed by atoms with Gasteiger partial charge in [-0.25, -0.2) is 47.5 Å². The Balaban J connectivity index is 1.10. The number of nitrogens with one attached hydrogen (secondary N) is 2. The number of methoxy groups -OCH3 is 2. The third kappa shape index (κ3) is 12.2. The third-order valence-corrected chi connectivity index (χ3v) is 10.5. The first-order chi connectivity index (χ1) is 36.7. The van der Waals surface area contributed by atoms with Gasteiger partial charge in [-0.05, 0) is 55.0 Å². The standard InChI is InChI=1S/C46H35N5O26/c1-68-44(65)72-27-9-3-6-23-33(27)75-41(62)49(36(23)56)17-30(52)47-21-14-20(15-22(16-21)48-31(53)18-50-37(57)24-7-4-10-28(73-45(66)69-2)34(24)76-42(50)63)40(61)70-19-71-46(67)74-29-11-5-8-25-35(29)77-43(64)51(38(25)58)26(39(59)60)12-13-32(54)55/h3-11,14-16,26,36,56H,12-13,17-19H2,1-2H3,(H,47,52)(H,48,53)(H,54,55)(H,59,60). The molecule has 0 fully saturated rings. The summed E-state index contributed by atoms with van der Waals surface area (Å²) in [6.45, 7) is -3.23. The number of ether oxygens (including phenoxy) is 8. The second-order valence-corrected chi connectivity index (χ2v) is 15.5. The Hall–Kier alpha value is -10.9. The molecule has 77 heavy (non-hydrogen) atoms. The number of hydrogen-bond acceptors (Lipinski definition) is 24. The Morgan fingerprint density at radius 3 is 1.81 bits per heavy atom. The van der Waals surface area contributed by atoms with Crippen LogP contribution in [0.15, 0.2) is 101 Å². The maximum atomic E-state index is 13.5. The van der Waals surface area contributed by atoms with E-state index in [0.29, 0.717) is 9.47 Å². The summed E-state index contributed by atoms with van der Waals surface area (Å²) in [4.78, 5) is 166. The van der Waals surface area contributed by atoms with Gasteiger partial charge in [0.2, 0.25) is 18.6 Å². The number of aliphatic hydroxyl groups excluding tert-OH is 1. The number of carboxylic acid groups (broad SMARTS) is 2. The molecule has 2 aromatic heterocycles. The van der Waals surface area contributed by atoms with Crippen molar-refractivity contribution in [2.24, 2.45) is 0 Å². The van der Waals surface area contributed by atoms with Crippen LogP contribution in [0.4, 0.5) is 30.6 Å². The number of carbonyl (C=O) groups is 9. The summed E-state index contributed by atoms with van der Waals surface area (Å²) in [7, 11) is 2.02. The minimum absolute atomic E-state index is 0.121. The van der Waals surface area contributed by atoms with Crippen LogP contribution in [0.25, 0.3) is 21.9 Å². The highest BCUT2D eigenvalue weighted by molar-refractivity contribution is 6.00. The zero-order valence-electron chi connectivity index (χ0n) is 39.2. The van der Waals surface area contributed by atoms with Gasteiger partial charge in [-0.15, -0.1) is 0 Å². The Kier molecular flexibility index (Phi) is 16.1. The van der Waals surface area contributed by atoms with Gasteiger partial charge in [-0.2, -0.15) is 0 Å². The SMILES string of the molecule is COC(=O)Oc1cccc2c1OC(=O)N(CC(=O)Nc1cc(NC(=O)Cn3c(=O)oc4c(OC(=O)OC)cccc4c3=O)cc(C(=O)OCOC(=O)Oc3cccc4c(=O)n(C(CCC(=O)O)C(=O)O)c(=O)oc34)c1)C2O. The van der Waals surface area contributed by atoms with E-state index in [9.17, 15) is 72.5 Å². The van der Waals surface area contributed by atoms with E-state index in [1.165, 1.54) is 36.4 Å². The Morgan fingerprint density at radius 2 is 1.21 bits per heavy atom. The fourth-order valence-corrected chi connectivity index (χ4v) is 7.16. The van der Waals surface area contributed by atoms with E-state index < -0.39 is 150 Å². The molecule has 0 bridgehead atoms. The highest BCUT2D eigenvalue weighted by Crippen LogP contribution is 2.40. The molecule has 2 unspecified atom stereocenters. The lowest BCUT2D eigenvalue weighted by Crippen LogP contribution is -2.45. The number of carboxylic acids is 2. The summed E-state index contributed by atoms with van der Waals surface area (Å²) in [5.74, 6) is -11.3. The molecule has 0 aliphatic carbocycles. The fraction of sp³-hybridized carbons (Fsp3) is 0.196. The molecular formula is C46H35N5O26. The van der Waals surface area contributed by atoms with Crippen molar-refractivity contribution in [1.29, 1.82) is 0 Å². The van der Waals surface area contributed by atoms with E-state index in [4.69, 9.17) is 42.4 Å². The van der Waals surface area contributed by atoms with Gasteiger partial charge in [-0.3, -0.25) is 28.9 Å². The number of amides is 3. The van der Waals surface area contributed by atoms with E-state index >= 15 is 0 Å². The van der Waals surface area contributed by atoms with Gasteiger partial charge in [0, 0.05) is 23.4 Å². The van der Waals surface area contributed by atoms with Crippen LogP contribution in [-0.2, 0) is 44.7 Å². The summed E-state index contributed by atoms with van der Waals surface area (Å²) in [6, 6.07) is 11.8. The smallest absolute Gasteiger partial charge is 0.481 e. The number of fused-ring (bicyclic) bond motifs is 3. The number of anilines is 2. The molecule has 0 saturated carbocycles. The second-order valence-electron chi connectivity index (χ2n) is 15.5. The molecule has 0 radical (unpaired) electrons. The van der Waals surface area contributed by atoms with Crippen molar-refractivity contribution in [2.45, 2.75) is 31.7 Å². The summed E-state index contributed by atoms with van der Waals surface area (Å²) in [5, 5.41) is 33.6. The molecule has 0 spiro atoms. The summed E-state index contributed by atoms with van der Waals surface area (Å²) in [5.41, 5.74) is -4.76. The Bertz CT molecular complexity index is 3690. The number of esters is 1. The zero-order valence-corrected chi connectivity index (χ0v) is 39.2. The number of aromatic nitrogens is 2. The van der Waals surface area contributed by atoms with Crippen molar-refractivity contribution >= 4 is 87.6 Å². The number of nitrogens with zero attached hydrogens (tertiary/aromatic N) is 3. The molecule has 7 rings (SSSR count). The second kappa shape index (κ2) is 22.9. The molecule has 0 saturated heterocycles. The van der Waals surface area contributed by atoms with Crippen molar-refractivity contribution in [3.63, 3.8) is 0 Å². The Morgan fingerprint density at radius 1 is 0.662 bits per heavy atom. The van der Waals surface area contributed by atoms with Crippen molar-refractivity contribution in [3.8, 4) is 23.0 Å². The number of aliphatic hydroxyl groups is 1. The minimum Gasteiger partial charge on any atom is -0.481 e. The maximum absolute atomic E-state index is 13.5. The number of rotatable bonds is 17. The molecule has 5 N–H and O–H groups in total. The highest BCUT2D eigenvalue weighted by Gasteiger charge is 2.37. The number of hydrogen-bond donors (Lipinski definition) is 5. The topological polar surface area (TPSA) is 420 Å². The van der Waals surface area contributed by atoms with Gasteiger partial charge in [0.05, 0.1) is 30.6 Å². The van der Waals surface area contributed by atoms with Crippen molar-refractivity contribution < 1.29 is 105 Å². The summed E-state index contributed by atoms with van der Waals surface area (Å²) >= 11 is 0. The van der Waals surface area contributed by atoms with Gasteiger partial charge >= 0.3 is 54.0 Å². The average molecular weight is 1070 g/mol. The van der Waals surface area contributed by atoms with E-state index in [-0.39, 0.29) is 44.1 Å². The lowest BCUT2D eigenvalue weighted by Gasteiger charge is -2.32. The lowest BCUT2D eigenvalue weighted by molar-refractivity contribution is -0.142. The predicted molar refractivity (Wildman–Crippen MR) is 248 cm³/mol. The number of para-hydroxylation sites is 3. The van der Waals surface area contributed by atoms with Crippen LogP contribution in [-0.4, -0.2) is 111 Å². The van der Waals surface area contributed by atoms with Crippen LogP contribution in [0.1, 0.15) is 41.0 Å². The molecule has 1 aliphatic heterocycles. The predicted octanol–water partition coefficient (Wildman–Crippen LogP) is 2.42. The lowest BCUT2D eigenvalue weighted by atomic mass is 10.1. The van der Waals surface area contributed by atoms with Crippen LogP contribution >= 0.6 is 0 Å². The minimum atomic E-state index is -1.95. The van der Waals surface area contributed by atoms with E-state index in [0.717, 1.165) is 50.6 Å². The summed E-state index contributed by atoms with van der Waals surface area (Å²) < 4.78 is 49.7. The van der Waals surface area contributed by atoms with Crippen LogP contribution in [0.3, 0.4) is 0 Å². The third-order valence-electron chi connectivity index (χ3n) is 10.5. The molecule has 31 heteroatoms. The average Bonchev–Trinajstić information content (AvgIpc) is 3.38. The number of aliphatic carboxylic acids is 2. The van der Waals surface area contributed by atoms with E-state index in [2.05, 4.69) is 20.1 Å². The molecule has 3 amide bonds. The molecule has 400 valence electrons. The number of carbonyl (C=O) groups excluding carboxylic acids is 7. The van der Waals surface area contributed by atoms with Crippen LogP contribution in [0.5, 0.6) is 23.0 Å². The van der Waals surface area contributed by atoms with Crippen molar-refractivity contribution in [3.05, 3.63) is 126 Å². The number of benzene rings is 4. The van der Waals surface area contributed by atoms with Gasteiger partial charge in [0.25, 0.3) is 11.1 Å².